The van der Waals surface area contributed by atoms with Gasteiger partial charge >= 0.3 is 0 Å². The number of amides is 1. The molecule has 1 heterocycles. The molecule has 0 spiro atoms. The van der Waals surface area contributed by atoms with Gasteiger partial charge in [-0.1, -0.05) is 6.07 Å². The third-order valence-corrected chi connectivity index (χ3v) is 4.30. The summed E-state index contributed by atoms with van der Waals surface area (Å²) < 4.78 is 15.9. The average molecular weight is 381 g/mol. The largest absolute Gasteiger partial charge is 0.497 e. The van der Waals surface area contributed by atoms with E-state index in [2.05, 4.69) is 15.6 Å². The van der Waals surface area contributed by atoms with Gasteiger partial charge in [-0.25, -0.2) is 4.63 Å². The van der Waals surface area contributed by atoms with E-state index in [1.165, 1.54) is 0 Å². The van der Waals surface area contributed by atoms with Gasteiger partial charge in [0.15, 0.2) is 11.8 Å². The van der Waals surface area contributed by atoms with Crippen molar-refractivity contribution in [3.8, 4) is 22.8 Å². The van der Waals surface area contributed by atoms with Crippen LogP contribution in [0.15, 0.2) is 41.0 Å². The molecule has 3 aromatic rings. The molecule has 0 saturated carbocycles. The van der Waals surface area contributed by atoms with E-state index in [-0.39, 0.29) is 11.7 Å². The molecule has 7 nitrogen and oxygen atoms in total. The maximum Gasteiger partial charge on any atom is 0.266 e. The quantitative estimate of drug-likeness (QED) is 0.692. The zero-order valence-corrected chi connectivity index (χ0v) is 16.6. The van der Waals surface area contributed by atoms with Crippen molar-refractivity contribution in [2.24, 2.45) is 0 Å². The normalized spacial score (nSPS) is 11.8. The van der Waals surface area contributed by atoms with Crippen LogP contribution in [0.4, 0.5) is 5.82 Å². The molecule has 1 aromatic heterocycles. The van der Waals surface area contributed by atoms with Crippen molar-refractivity contribution in [2.45, 2.75) is 33.8 Å². The van der Waals surface area contributed by atoms with E-state index in [4.69, 9.17) is 14.1 Å². The van der Waals surface area contributed by atoms with E-state index < -0.39 is 6.10 Å². The molecule has 0 bridgehead atoms. The second-order valence-corrected chi connectivity index (χ2v) is 6.72. The smallest absolute Gasteiger partial charge is 0.266 e. The molecule has 1 unspecified atom stereocenters. The highest BCUT2D eigenvalue weighted by Gasteiger charge is 2.21. The predicted octanol–water partition coefficient (Wildman–Crippen LogP) is 4.08. The molecule has 0 aliphatic heterocycles. The third kappa shape index (κ3) is 4.31. The summed E-state index contributed by atoms with van der Waals surface area (Å²) in [6.45, 7) is 7.56. The first-order valence-corrected chi connectivity index (χ1v) is 8.90. The Kier molecular flexibility index (Phi) is 5.63. The van der Waals surface area contributed by atoms with Crippen LogP contribution in [0.1, 0.15) is 23.6 Å². The summed E-state index contributed by atoms with van der Waals surface area (Å²) in [6, 6.07) is 11.4. The summed E-state index contributed by atoms with van der Waals surface area (Å²) in [5.74, 6) is 1.28. The summed E-state index contributed by atoms with van der Waals surface area (Å²) in [7, 11) is 1.61. The van der Waals surface area contributed by atoms with Crippen LogP contribution in [0.3, 0.4) is 0 Å². The lowest BCUT2D eigenvalue weighted by atomic mass is 10.1. The second-order valence-electron chi connectivity index (χ2n) is 6.72. The summed E-state index contributed by atoms with van der Waals surface area (Å²) in [5, 5.41) is 10.5. The van der Waals surface area contributed by atoms with Crippen LogP contribution in [-0.4, -0.2) is 29.4 Å². The number of nitrogens with zero attached hydrogens (tertiary/aromatic N) is 2. The van der Waals surface area contributed by atoms with Gasteiger partial charge in [-0.15, -0.1) is 0 Å². The molecule has 0 aliphatic carbocycles. The van der Waals surface area contributed by atoms with Gasteiger partial charge in [0.2, 0.25) is 5.82 Å². The fourth-order valence-electron chi connectivity index (χ4n) is 2.95. The van der Waals surface area contributed by atoms with Gasteiger partial charge in [-0.2, -0.15) is 0 Å². The lowest BCUT2D eigenvalue weighted by Gasteiger charge is -2.15. The van der Waals surface area contributed by atoms with E-state index >= 15 is 0 Å². The molecule has 1 N–H and O–H groups in total. The highest BCUT2D eigenvalue weighted by Crippen LogP contribution is 2.30. The maximum atomic E-state index is 12.6. The van der Waals surface area contributed by atoms with Crippen LogP contribution in [0.2, 0.25) is 0 Å². The SMILES string of the molecule is COc1ccc(-c2nonc2NC(=O)C(C)Oc2cc(C)cc(C)c2)c(C)c1. The minimum Gasteiger partial charge on any atom is -0.497 e. The number of carbonyl (C=O) groups excluding carboxylic acids is 1. The van der Waals surface area contributed by atoms with Gasteiger partial charge in [0.05, 0.1) is 7.11 Å². The van der Waals surface area contributed by atoms with Crippen LogP contribution >= 0.6 is 0 Å². The van der Waals surface area contributed by atoms with Crippen LogP contribution in [0.25, 0.3) is 11.3 Å². The zero-order chi connectivity index (χ0) is 20.3. The number of aryl methyl sites for hydroxylation is 3. The van der Waals surface area contributed by atoms with Gasteiger partial charge in [0, 0.05) is 5.56 Å². The van der Waals surface area contributed by atoms with Crippen molar-refractivity contribution in [1.82, 2.24) is 10.3 Å². The van der Waals surface area contributed by atoms with Gasteiger partial charge < -0.3 is 14.8 Å². The zero-order valence-electron chi connectivity index (χ0n) is 16.6. The lowest BCUT2D eigenvalue weighted by Crippen LogP contribution is -2.30. The van der Waals surface area contributed by atoms with Gasteiger partial charge in [-0.3, -0.25) is 4.79 Å². The molecule has 1 atom stereocenters. The number of benzene rings is 2. The fourth-order valence-corrected chi connectivity index (χ4v) is 2.95. The highest BCUT2D eigenvalue weighted by atomic mass is 16.6. The number of nitrogens with one attached hydrogen (secondary N) is 1. The minimum atomic E-state index is -0.720. The van der Waals surface area contributed by atoms with E-state index in [0.717, 1.165) is 28.0 Å². The number of hydrogen-bond acceptors (Lipinski definition) is 6. The lowest BCUT2D eigenvalue weighted by molar-refractivity contribution is -0.122. The molecule has 7 heteroatoms. The van der Waals surface area contributed by atoms with E-state index in [1.54, 1.807) is 14.0 Å². The van der Waals surface area contributed by atoms with Crippen molar-refractivity contribution >= 4 is 11.7 Å². The number of hydrogen-bond donors (Lipinski definition) is 1. The van der Waals surface area contributed by atoms with Crippen molar-refractivity contribution in [3.05, 3.63) is 53.1 Å². The molecular formula is C21H23N3O4. The Morgan fingerprint density at radius 2 is 1.75 bits per heavy atom. The molecule has 28 heavy (non-hydrogen) atoms. The molecule has 3 rings (SSSR count). The minimum absolute atomic E-state index is 0.245. The maximum absolute atomic E-state index is 12.6. The third-order valence-electron chi connectivity index (χ3n) is 4.30. The Morgan fingerprint density at radius 3 is 2.39 bits per heavy atom. The number of aromatic nitrogens is 2. The van der Waals surface area contributed by atoms with Crippen molar-refractivity contribution in [1.29, 1.82) is 0 Å². The summed E-state index contributed by atoms with van der Waals surface area (Å²) >= 11 is 0. The molecule has 0 saturated heterocycles. The molecule has 0 fully saturated rings. The molecular weight excluding hydrogens is 358 g/mol. The Labute approximate surface area is 163 Å². The van der Waals surface area contributed by atoms with Crippen molar-refractivity contribution in [2.75, 3.05) is 12.4 Å². The van der Waals surface area contributed by atoms with Crippen molar-refractivity contribution in [3.63, 3.8) is 0 Å². The second kappa shape index (κ2) is 8.12. The molecule has 0 aliphatic rings. The number of rotatable bonds is 6. The number of anilines is 1. The Hall–Kier alpha value is -3.35. The average Bonchev–Trinajstić information content (AvgIpc) is 3.08. The van der Waals surface area contributed by atoms with Crippen molar-refractivity contribution < 1.29 is 18.9 Å². The van der Waals surface area contributed by atoms with E-state index in [1.807, 2.05) is 57.2 Å². The summed E-state index contributed by atoms with van der Waals surface area (Å²) in [4.78, 5) is 12.6. The van der Waals surface area contributed by atoms with E-state index in [9.17, 15) is 4.79 Å². The molecule has 0 radical (unpaired) electrons. The van der Waals surface area contributed by atoms with E-state index in [0.29, 0.717) is 11.4 Å². The number of carbonyl (C=O) groups is 1. The predicted molar refractivity (Wildman–Crippen MR) is 106 cm³/mol. The van der Waals surface area contributed by atoms with Crippen LogP contribution in [-0.2, 0) is 4.79 Å². The van der Waals surface area contributed by atoms with Gasteiger partial charge in [0.25, 0.3) is 5.91 Å². The van der Waals surface area contributed by atoms with Crippen LogP contribution in [0, 0.1) is 20.8 Å². The highest BCUT2D eigenvalue weighted by molar-refractivity contribution is 5.96. The molecule has 2 aromatic carbocycles. The first-order chi connectivity index (χ1) is 13.4. The fraction of sp³-hybridized carbons (Fsp3) is 0.286. The number of methoxy groups -OCH3 is 1. The Morgan fingerprint density at radius 1 is 1.04 bits per heavy atom. The Balaban J connectivity index is 1.75. The van der Waals surface area contributed by atoms with Crippen LogP contribution < -0.4 is 14.8 Å². The summed E-state index contributed by atoms with van der Waals surface area (Å²) in [6.07, 6.45) is -0.720. The molecule has 1 amide bonds. The van der Waals surface area contributed by atoms with Gasteiger partial charge in [-0.05, 0) is 85.0 Å². The standard InChI is InChI=1S/C21H23N3O4/c1-12-8-13(2)10-17(9-12)27-15(4)21(25)22-20-19(23-28-24-20)18-7-6-16(26-5)11-14(18)3/h6-11,15H,1-5H3,(H,22,24,25). The van der Waals surface area contributed by atoms with Gasteiger partial charge in [0.1, 0.15) is 11.5 Å². The summed E-state index contributed by atoms with van der Waals surface area (Å²) in [5.41, 5.74) is 4.30. The van der Waals surface area contributed by atoms with Crippen LogP contribution in [0.5, 0.6) is 11.5 Å². The first kappa shape index (κ1) is 19.4. The first-order valence-electron chi connectivity index (χ1n) is 8.90. The number of ether oxygens (including phenoxy) is 2. The molecule has 146 valence electrons. The monoisotopic (exact) mass is 381 g/mol. The Bertz CT molecular complexity index is 977. The topological polar surface area (TPSA) is 86.5 Å².